The van der Waals surface area contributed by atoms with E-state index >= 15 is 0 Å². The SMILES string of the molecule is CCOC(=O)CC(C)=O.CC[N+](=O)[O-]. The largest absolute Gasteiger partial charge is 0.466 e. The van der Waals surface area contributed by atoms with E-state index in [0.717, 1.165) is 0 Å². The van der Waals surface area contributed by atoms with E-state index in [1.54, 1.807) is 6.92 Å². The van der Waals surface area contributed by atoms with Gasteiger partial charge in [-0.25, -0.2) is 0 Å². The van der Waals surface area contributed by atoms with Crippen molar-refractivity contribution in [2.45, 2.75) is 27.2 Å². The molecular weight excluding hydrogens is 190 g/mol. The van der Waals surface area contributed by atoms with Crippen molar-refractivity contribution >= 4 is 11.8 Å². The number of nitrogens with zero attached hydrogens (tertiary/aromatic N) is 1. The Morgan fingerprint density at radius 1 is 1.36 bits per heavy atom. The predicted octanol–water partition coefficient (Wildman–Crippen LogP) is 0.812. The van der Waals surface area contributed by atoms with E-state index in [4.69, 9.17) is 0 Å². The summed E-state index contributed by atoms with van der Waals surface area (Å²) in [5.41, 5.74) is 0. The standard InChI is InChI=1S/C6H10O3.C2H5NO2/c1-3-9-6(8)4-5(2)7;1-2-3(4)5/h3-4H2,1-2H3;2H2,1H3. The molecule has 0 amide bonds. The van der Waals surface area contributed by atoms with Crippen LogP contribution in [0, 0.1) is 10.1 Å². The third-order valence-electron chi connectivity index (χ3n) is 0.957. The van der Waals surface area contributed by atoms with Crippen molar-refractivity contribution in [2.75, 3.05) is 13.2 Å². The fourth-order valence-electron chi connectivity index (χ4n) is 0.415. The highest BCUT2D eigenvalue weighted by Crippen LogP contribution is 1.86. The molecule has 0 saturated carbocycles. The second-order valence-corrected chi connectivity index (χ2v) is 2.33. The molecule has 0 aliphatic carbocycles. The van der Waals surface area contributed by atoms with Gasteiger partial charge in [0.05, 0.1) is 6.61 Å². The molecule has 0 aromatic rings. The van der Waals surface area contributed by atoms with Gasteiger partial charge in [0, 0.05) is 11.8 Å². The molecular formula is C8H15NO5. The summed E-state index contributed by atoms with van der Waals surface area (Å²) in [7, 11) is 0. The molecule has 0 atom stereocenters. The first-order valence-electron chi connectivity index (χ1n) is 4.20. The highest BCUT2D eigenvalue weighted by Gasteiger charge is 2.03. The molecule has 6 heteroatoms. The fraction of sp³-hybridized carbons (Fsp3) is 0.750. The quantitative estimate of drug-likeness (QED) is 0.293. The summed E-state index contributed by atoms with van der Waals surface area (Å²) in [4.78, 5) is 29.4. The van der Waals surface area contributed by atoms with Crippen LogP contribution in [0.3, 0.4) is 0 Å². The smallest absolute Gasteiger partial charge is 0.313 e. The van der Waals surface area contributed by atoms with Crippen molar-refractivity contribution < 1.29 is 19.2 Å². The van der Waals surface area contributed by atoms with Crippen LogP contribution in [0.15, 0.2) is 0 Å². The Balaban J connectivity index is 0. The molecule has 0 unspecified atom stereocenters. The Morgan fingerprint density at radius 3 is 2.00 bits per heavy atom. The summed E-state index contributed by atoms with van der Waals surface area (Å²) in [5.74, 6) is -0.599. The number of hydrogen-bond acceptors (Lipinski definition) is 5. The van der Waals surface area contributed by atoms with E-state index < -0.39 is 5.97 Å². The van der Waals surface area contributed by atoms with E-state index in [0.29, 0.717) is 6.61 Å². The second-order valence-electron chi connectivity index (χ2n) is 2.33. The second kappa shape index (κ2) is 9.63. The highest BCUT2D eigenvalue weighted by molar-refractivity contribution is 5.94. The summed E-state index contributed by atoms with van der Waals surface area (Å²) in [6.07, 6.45) is -0.103. The molecule has 0 N–H and O–H groups in total. The van der Waals surface area contributed by atoms with Crippen molar-refractivity contribution in [3.05, 3.63) is 10.1 Å². The predicted molar refractivity (Wildman–Crippen MR) is 49.5 cm³/mol. The van der Waals surface area contributed by atoms with Crippen molar-refractivity contribution in [3.8, 4) is 0 Å². The van der Waals surface area contributed by atoms with E-state index in [1.165, 1.54) is 13.8 Å². The maximum absolute atomic E-state index is 10.4. The zero-order valence-electron chi connectivity index (χ0n) is 8.61. The Bertz CT molecular complexity index is 202. The minimum absolute atomic E-state index is 0.0278. The maximum Gasteiger partial charge on any atom is 0.313 e. The van der Waals surface area contributed by atoms with Crippen molar-refractivity contribution in [1.29, 1.82) is 0 Å². The van der Waals surface area contributed by atoms with Crippen LogP contribution in [0.4, 0.5) is 0 Å². The number of ketones is 1. The van der Waals surface area contributed by atoms with Crippen molar-refractivity contribution in [1.82, 2.24) is 0 Å². The maximum atomic E-state index is 10.4. The molecule has 82 valence electrons. The van der Waals surface area contributed by atoms with Gasteiger partial charge in [-0.3, -0.25) is 19.7 Å². The Hall–Kier alpha value is -1.46. The number of Topliss-reactive ketones (excluding diaryl/α,β-unsaturated/α-hetero) is 1. The summed E-state index contributed by atoms with van der Waals surface area (Å²) in [6.45, 7) is 4.93. The van der Waals surface area contributed by atoms with Gasteiger partial charge in [0.1, 0.15) is 12.2 Å². The summed E-state index contributed by atoms with van der Waals surface area (Å²) in [5, 5.41) is 9.17. The van der Waals surface area contributed by atoms with Crippen molar-refractivity contribution in [2.24, 2.45) is 0 Å². The molecule has 0 radical (unpaired) electrons. The molecule has 0 aliphatic rings. The molecule has 0 saturated heterocycles. The van der Waals surface area contributed by atoms with Crippen molar-refractivity contribution in [3.63, 3.8) is 0 Å². The van der Waals surface area contributed by atoms with Crippen LogP contribution in [-0.4, -0.2) is 29.8 Å². The van der Waals surface area contributed by atoms with Crippen LogP contribution >= 0.6 is 0 Å². The average molecular weight is 205 g/mol. The summed E-state index contributed by atoms with van der Waals surface area (Å²) < 4.78 is 4.49. The van der Waals surface area contributed by atoms with Gasteiger partial charge in [0.2, 0.25) is 6.54 Å². The average Bonchev–Trinajstić information content (AvgIpc) is 2.04. The number of nitro groups is 1. The molecule has 14 heavy (non-hydrogen) atoms. The van der Waals surface area contributed by atoms with Gasteiger partial charge in [-0.2, -0.15) is 0 Å². The molecule has 0 aromatic heterocycles. The zero-order chi connectivity index (χ0) is 11.6. The van der Waals surface area contributed by atoms with Crippen LogP contribution in [-0.2, 0) is 14.3 Å². The lowest BCUT2D eigenvalue weighted by Crippen LogP contribution is -2.07. The molecule has 0 bridgehead atoms. The minimum Gasteiger partial charge on any atom is -0.466 e. The van der Waals surface area contributed by atoms with Gasteiger partial charge in [0.25, 0.3) is 0 Å². The first-order valence-corrected chi connectivity index (χ1v) is 4.20. The van der Waals surface area contributed by atoms with E-state index in [9.17, 15) is 19.7 Å². The summed E-state index contributed by atoms with van der Waals surface area (Å²) in [6, 6.07) is 0. The van der Waals surface area contributed by atoms with Crippen LogP contribution in [0.2, 0.25) is 0 Å². The minimum atomic E-state index is -0.440. The molecule has 0 aromatic carbocycles. The highest BCUT2D eigenvalue weighted by atomic mass is 16.6. The number of ether oxygens (including phenoxy) is 1. The Kier molecular flexibility index (Phi) is 10.3. The molecule has 0 aliphatic heterocycles. The van der Waals surface area contributed by atoms with Crippen LogP contribution in [0.5, 0.6) is 0 Å². The third kappa shape index (κ3) is 16.9. The third-order valence-corrected chi connectivity index (χ3v) is 0.957. The van der Waals surface area contributed by atoms with Gasteiger partial charge in [-0.1, -0.05) is 0 Å². The first kappa shape index (κ1) is 15.0. The lowest BCUT2D eigenvalue weighted by atomic mass is 10.3. The molecule has 0 heterocycles. The van der Waals surface area contributed by atoms with Gasteiger partial charge in [0.15, 0.2) is 0 Å². The fourth-order valence-corrected chi connectivity index (χ4v) is 0.415. The lowest BCUT2D eigenvalue weighted by molar-refractivity contribution is -0.475. The van der Waals surface area contributed by atoms with E-state index in [1.807, 2.05) is 0 Å². The van der Waals surface area contributed by atoms with E-state index in [2.05, 4.69) is 4.74 Å². The first-order chi connectivity index (χ1) is 6.43. The van der Waals surface area contributed by atoms with Gasteiger partial charge < -0.3 is 4.74 Å². The normalized spacial score (nSPS) is 8.21. The monoisotopic (exact) mass is 205 g/mol. The Morgan fingerprint density at radius 2 is 1.79 bits per heavy atom. The molecule has 0 fully saturated rings. The van der Waals surface area contributed by atoms with E-state index in [-0.39, 0.29) is 23.7 Å². The molecule has 6 nitrogen and oxygen atoms in total. The van der Waals surface area contributed by atoms with Gasteiger partial charge in [-0.15, -0.1) is 0 Å². The number of hydrogen-bond donors (Lipinski definition) is 0. The van der Waals surface area contributed by atoms with Crippen LogP contribution in [0.1, 0.15) is 27.2 Å². The number of esters is 1. The lowest BCUT2D eigenvalue weighted by Gasteiger charge is -1.96. The topological polar surface area (TPSA) is 86.5 Å². The summed E-state index contributed by atoms with van der Waals surface area (Å²) >= 11 is 0. The Labute approximate surface area is 82.4 Å². The molecule has 0 rings (SSSR count). The van der Waals surface area contributed by atoms with Crippen LogP contribution in [0.25, 0.3) is 0 Å². The zero-order valence-corrected chi connectivity index (χ0v) is 8.61. The van der Waals surface area contributed by atoms with Gasteiger partial charge >= 0.3 is 5.97 Å². The number of carbonyl (C=O) groups is 2. The number of rotatable bonds is 4. The number of carbonyl (C=O) groups excluding carboxylic acids is 2. The molecule has 0 spiro atoms. The van der Waals surface area contributed by atoms with Crippen LogP contribution < -0.4 is 0 Å². The van der Waals surface area contributed by atoms with Gasteiger partial charge in [-0.05, 0) is 13.8 Å².